The maximum Gasteiger partial charge on any atom is 0.409 e. The van der Waals surface area contributed by atoms with Crippen LogP contribution in [0.25, 0.3) is 11.3 Å². The topological polar surface area (TPSA) is 140 Å². The van der Waals surface area contributed by atoms with E-state index in [1.807, 2.05) is 0 Å². The lowest BCUT2D eigenvalue weighted by Crippen LogP contribution is -2.33. The van der Waals surface area contributed by atoms with Gasteiger partial charge in [-0.2, -0.15) is 0 Å². The van der Waals surface area contributed by atoms with E-state index in [1.165, 1.54) is 13.2 Å². The molecule has 1 atom stereocenters. The Hall–Kier alpha value is -3.69. The smallest absolute Gasteiger partial charge is 0.409 e. The number of nitrogen functional groups attached to an aromatic ring is 1. The Balaban J connectivity index is 1.65. The van der Waals surface area contributed by atoms with Crippen LogP contribution in [0.5, 0.6) is 0 Å². The van der Waals surface area contributed by atoms with Crippen LogP contribution in [0.15, 0.2) is 30.5 Å². The number of anilines is 1. The number of carbonyl (C=O) groups excluding carboxylic acids is 3. The summed E-state index contributed by atoms with van der Waals surface area (Å²) in [7, 11) is 1.48. The second-order valence-electron chi connectivity index (χ2n) is 7.16. The Morgan fingerprint density at radius 3 is 2.84 bits per heavy atom. The average molecular weight is 426 g/mol. The molecule has 1 saturated heterocycles. The number of nitrogens with zero attached hydrogens (tertiary/aromatic N) is 3. The number of rotatable bonds is 6. The number of hydrogen-bond acceptors (Lipinski definition) is 7. The maximum absolute atomic E-state index is 12.6. The van der Waals surface area contributed by atoms with Crippen molar-refractivity contribution in [2.75, 3.05) is 39.0 Å². The quantitative estimate of drug-likeness (QED) is 0.632. The Morgan fingerprint density at radius 1 is 1.29 bits per heavy atom. The Kier molecular flexibility index (Phi) is 7.01. The first-order valence-corrected chi connectivity index (χ1v) is 10.1. The summed E-state index contributed by atoms with van der Waals surface area (Å²) in [5, 5.41) is 5.39. The van der Waals surface area contributed by atoms with Crippen molar-refractivity contribution in [1.29, 1.82) is 0 Å². The molecule has 10 nitrogen and oxygen atoms in total. The van der Waals surface area contributed by atoms with Crippen molar-refractivity contribution in [3.8, 4) is 11.3 Å². The predicted molar refractivity (Wildman–Crippen MR) is 114 cm³/mol. The fraction of sp³-hybridized carbons (Fsp3) is 0.381. The molecule has 3 rings (SSSR count). The Labute approximate surface area is 180 Å². The maximum atomic E-state index is 12.6. The molecule has 2 aromatic rings. The van der Waals surface area contributed by atoms with Gasteiger partial charge in [-0.25, -0.2) is 14.8 Å². The van der Waals surface area contributed by atoms with Gasteiger partial charge in [0.1, 0.15) is 0 Å². The van der Waals surface area contributed by atoms with Crippen molar-refractivity contribution in [2.45, 2.75) is 13.3 Å². The number of carbonyl (C=O) groups is 3. The zero-order chi connectivity index (χ0) is 22.4. The van der Waals surface area contributed by atoms with E-state index in [9.17, 15) is 14.4 Å². The molecule has 0 spiro atoms. The van der Waals surface area contributed by atoms with Crippen molar-refractivity contribution in [1.82, 2.24) is 25.5 Å². The molecule has 1 aliphatic heterocycles. The first kappa shape index (κ1) is 22.0. The van der Waals surface area contributed by atoms with Crippen molar-refractivity contribution in [2.24, 2.45) is 5.92 Å². The summed E-state index contributed by atoms with van der Waals surface area (Å²) >= 11 is 0. The molecule has 3 amide bonds. The van der Waals surface area contributed by atoms with Gasteiger partial charge in [-0.1, -0.05) is 12.1 Å². The van der Waals surface area contributed by atoms with E-state index in [0.29, 0.717) is 43.1 Å². The van der Waals surface area contributed by atoms with Gasteiger partial charge in [-0.15, -0.1) is 0 Å². The number of nitrogens with two attached hydrogens (primary N) is 1. The molecule has 0 aliphatic carbocycles. The van der Waals surface area contributed by atoms with Gasteiger partial charge in [0.25, 0.3) is 11.8 Å². The standard InChI is InChI=1S/C21H26N6O4/c1-3-31-21(30)27-8-7-13(12-27)10-25-19(28)15-6-4-5-14(9-15)16-11-24-18(22)17(26-16)20(29)23-2/h4-6,9,11,13H,3,7-8,10,12H2,1-2H3,(H2,22,24)(H,23,29)(H,25,28). The van der Waals surface area contributed by atoms with Crippen LogP contribution in [-0.2, 0) is 4.74 Å². The summed E-state index contributed by atoms with van der Waals surface area (Å²) in [5.74, 6) is -0.458. The highest BCUT2D eigenvalue weighted by Crippen LogP contribution is 2.20. The molecule has 1 fully saturated rings. The fourth-order valence-electron chi connectivity index (χ4n) is 3.36. The third kappa shape index (κ3) is 5.27. The van der Waals surface area contributed by atoms with E-state index in [-0.39, 0.29) is 29.4 Å². The van der Waals surface area contributed by atoms with Crippen LogP contribution in [0.4, 0.5) is 10.6 Å². The number of benzene rings is 1. The summed E-state index contributed by atoms with van der Waals surface area (Å²) in [4.78, 5) is 46.3. The lowest BCUT2D eigenvalue weighted by molar-refractivity contribution is 0.0942. The first-order valence-electron chi connectivity index (χ1n) is 10.1. The summed E-state index contributed by atoms with van der Waals surface area (Å²) in [6.07, 6.45) is 1.95. The monoisotopic (exact) mass is 426 g/mol. The molecule has 31 heavy (non-hydrogen) atoms. The zero-order valence-electron chi connectivity index (χ0n) is 17.6. The van der Waals surface area contributed by atoms with Crippen LogP contribution >= 0.6 is 0 Å². The highest BCUT2D eigenvalue weighted by atomic mass is 16.6. The van der Waals surface area contributed by atoms with Gasteiger partial charge in [-0.05, 0) is 31.4 Å². The van der Waals surface area contributed by atoms with Crippen molar-refractivity contribution in [3.63, 3.8) is 0 Å². The third-order valence-corrected chi connectivity index (χ3v) is 5.03. The van der Waals surface area contributed by atoms with E-state index in [0.717, 1.165) is 6.42 Å². The molecule has 10 heteroatoms. The normalized spacial score (nSPS) is 15.4. The van der Waals surface area contributed by atoms with Gasteiger partial charge in [-0.3, -0.25) is 9.59 Å². The molecule has 1 aromatic heterocycles. The number of hydrogen-bond donors (Lipinski definition) is 3. The van der Waals surface area contributed by atoms with Gasteiger partial charge in [0, 0.05) is 37.8 Å². The van der Waals surface area contributed by atoms with Crippen LogP contribution in [-0.4, -0.2) is 66.1 Å². The number of ether oxygens (including phenoxy) is 1. The Morgan fingerprint density at radius 2 is 2.10 bits per heavy atom. The molecule has 2 heterocycles. The minimum atomic E-state index is -0.436. The molecule has 0 saturated carbocycles. The molecule has 0 radical (unpaired) electrons. The number of aromatic nitrogens is 2. The van der Waals surface area contributed by atoms with Gasteiger partial charge in [0.2, 0.25) is 0 Å². The molecule has 0 bridgehead atoms. The summed E-state index contributed by atoms with van der Waals surface area (Å²) in [6.45, 7) is 3.76. The van der Waals surface area contributed by atoms with Crippen molar-refractivity contribution >= 4 is 23.7 Å². The van der Waals surface area contributed by atoms with Crippen LogP contribution in [0.1, 0.15) is 34.2 Å². The molecule has 4 N–H and O–H groups in total. The largest absolute Gasteiger partial charge is 0.450 e. The number of amides is 3. The van der Waals surface area contributed by atoms with Crippen LogP contribution in [0, 0.1) is 5.92 Å². The van der Waals surface area contributed by atoms with E-state index >= 15 is 0 Å². The minimum Gasteiger partial charge on any atom is -0.450 e. The van der Waals surface area contributed by atoms with Crippen molar-refractivity contribution in [3.05, 3.63) is 41.7 Å². The van der Waals surface area contributed by atoms with E-state index < -0.39 is 5.91 Å². The third-order valence-electron chi connectivity index (χ3n) is 5.03. The minimum absolute atomic E-state index is 0.0299. The van der Waals surface area contributed by atoms with Crippen LogP contribution < -0.4 is 16.4 Å². The van der Waals surface area contributed by atoms with E-state index in [2.05, 4.69) is 20.6 Å². The van der Waals surface area contributed by atoms with E-state index in [4.69, 9.17) is 10.5 Å². The highest BCUT2D eigenvalue weighted by Gasteiger charge is 2.27. The molecule has 164 valence electrons. The number of likely N-dealkylation sites (tertiary alicyclic amines) is 1. The predicted octanol–water partition coefficient (Wildman–Crippen LogP) is 1.29. The average Bonchev–Trinajstić information content (AvgIpc) is 3.27. The molecule has 1 aliphatic rings. The van der Waals surface area contributed by atoms with Crippen LogP contribution in [0.2, 0.25) is 0 Å². The SMILES string of the molecule is CCOC(=O)N1CCC(CNC(=O)c2cccc(-c3cnc(N)c(C(=O)NC)n3)c2)C1. The molecule has 1 aromatic carbocycles. The summed E-state index contributed by atoms with van der Waals surface area (Å²) in [5.41, 5.74) is 7.29. The molecular weight excluding hydrogens is 400 g/mol. The second kappa shape index (κ2) is 9.88. The van der Waals surface area contributed by atoms with Gasteiger partial charge in [0.05, 0.1) is 18.5 Å². The van der Waals surface area contributed by atoms with Gasteiger partial charge < -0.3 is 26.0 Å². The molecular formula is C21H26N6O4. The lowest BCUT2D eigenvalue weighted by atomic mass is 10.1. The van der Waals surface area contributed by atoms with Gasteiger partial charge >= 0.3 is 6.09 Å². The number of nitrogens with one attached hydrogen (secondary N) is 2. The lowest BCUT2D eigenvalue weighted by Gasteiger charge is -2.16. The van der Waals surface area contributed by atoms with Crippen molar-refractivity contribution < 1.29 is 19.1 Å². The highest BCUT2D eigenvalue weighted by molar-refractivity contribution is 5.97. The zero-order valence-corrected chi connectivity index (χ0v) is 17.6. The fourth-order valence-corrected chi connectivity index (χ4v) is 3.36. The molecule has 1 unspecified atom stereocenters. The second-order valence-corrected chi connectivity index (χ2v) is 7.16. The van der Waals surface area contributed by atoms with Crippen LogP contribution in [0.3, 0.4) is 0 Å². The Bertz CT molecular complexity index is 980. The van der Waals surface area contributed by atoms with Gasteiger partial charge in [0.15, 0.2) is 11.5 Å². The summed E-state index contributed by atoms with van der Waals surface area (Å²) < 4.78 is 5.02. The summed E-state index contributed by atoms with van der Waals surface area (Å²) in [6, 6.07) is 6.89. The van der Waals surface area contributed by atoms with E-state index in [1.54, 1.807) is 36.1 Å². The first-order chi connectivity index (χ1) is 14.9.